The van der Waals surface area contributed by atoms with E-state index in [-0.39, 0.29) is 17.5 Å². The number of amides is 1. The highest BCUT2D eigenvalue weighted by molar-refractivity contribution is 6.01. The number of carbonyl (C=O) groups excluding carboxylic acids is 1. The van der Waals surface area contributed by atoms with Gasteiger partial charge < -0.3 is 9.88 Å². The van der Waals surface area contributed by atoms with E-state index in [0.717, 1.165) is 30.5 Å². The minimum atomic E-state index is -0.307. The van der Waals surface area contributed by atoms with Gasteiger partial charge in [-0.1, -0.05) is 12.1 Å². The molecule has 0 bridgehead atoms. The molecule has 2 aromatic heterocycles. The number of rotatable bonds is 1. The van der Waals surface area contributed by atoms with Crippen LogP contribution in [0.25, 0.3) is 22.4 Å². The number of aromatic nitrogens is 4. The van der Waals surface area contributed by atoms with Gasteiger partial charge in [0.2, 0.25) is 0 Å². The SMILES string of the molecule is O=C1c2cccc(-c3nc4cncnc4[nH]c3=O)c2C2CCCN12. The number of hydrogen-bond donors (Lipinski definition) is 1. The van der Waals surface area contributed by atoms with Crippen molar-refractivity contribution >= 4 is 17.1 Å². The van der Waals surface area contributed by atoms with Gasteiger partial charge in [0.1, 0.15) is 17.5 Å². The Bertz CT molecular complexity index is 1060. The van der Waals surface area contributed by atoms with Gasteiger partial charge in [0.15, 0.2) is 5.65 Å². The Morgan fingerprint density at radius 2 is 2.08 bits per heavy atom. The van der Waals surface area contributed by atoms with Crippen molar-refractivity contribution < 1.29 is 4.79 Å². The summed E-state index contributed by atoms with van der Waals surface area (Å²) in [6, 6.07) is 5.55. The summed E-state index contributed by atoms with van der Waals surface area (Å²) < 4.78 is 0. The Morgan fingerprint density at radius 3 is 3.00 bits per heavy atom. The average molecular weight is 319 g/mol. The number of nitrogens with zero attached hydrogens (tertiary/aromatic N) is 4. The largest absolute Gasteiger partial charge is 0.332 e. The first-order valence-corrected chi connectivity index (χ1v) is 7.88. The molecule has 3 aromatic rings. The smallest absolute Gasteiger partial charge is 0.276 e. The third-order valence-electron chi connectivity index (χ3n) is 4.81. The van der Waals surface area contributed by atoms with Crippen LogP contribution in [0.15, 0.2) is 35.5 Å². The second-order valence-corrected chi connectivity index (χ2v) is 6.09. The molecule has 24 heavy (non-hydrogen) atoms. The first-order valence-electron chi connectivity index (χ1n) is 7.88. The minimum Gasteiger partial charge on any atom is -0.332 e. The summed E-state index contributed by atoms with van der Waals surface area (Å²) in [5.41, 5.74) is 3.27. The molecule has 0 radical (unpaired) electrons. The van der Waals surface area contributed by atoms with Gasteiger partial charge in [-0.3, -0.25) is 9.59 Å². The fourth-order valence-corrected chi connectivity index (χ4v) is 3.80. The maximum absolute atomic E-state index is 12.6. The summed E-state index contributed by atoms with van der Waals surface area (Å²) in [6.07, 6.45) is 4.84. The van der Waals surface area contributed by atoms with Crippen LogP contribution in [0.5, 0.6) is 0 Å². The second kappa shape index (κ2) is 4.70. The molecule has 0 spiro atoms. The van der Waals surface area contributed by atoms with Gasteiger partial charge in [0, 0.05) is 17.7 Å². The zero-order valence-electron chi connectivity index (χ0n) is 12.7. The normalized spacial score (nSPS) is 18.9. The number of fused-ring (bicyclic) bond motifs is 4. The van der Waals surface area contributed by atoms with Crippen LogP contribution in [0.3, 0.4) is 0 Å². The lowest BCUT2D eigenvalue weighted by Crippen LogP contribution is -2.22. The van der Waals surface area contributed by atoms with Gasteiger partial charge in [-0.05, 0) is 24.5 Å². The number of carbonyl (C=O) groups is 1. The van der Waals surface area contributed by atoms with Crippen LogP contribution in [-0.2, 0) is 0 Å². The summed E-state index contributed by atoms with van der Waals surface area (Å²) >= 11 is 0. The number of nitrogens with one attached hydrogen (secondary N) is 1. The van der Waals surface area contributed by atoms with Crippen LogP contribution >= 0.6 is 0 Å². The van der Waals surface area contributed by atoms with Crippen molar-refractivity contribution in [1.29, 1.82) is 0 Å². The van der Waals surface area contributed by atoms with Gasteiger partial charge in [0.25, 0.3) is 11.5 Å². The van der Waals surface area contributed by atoms with Crippen LogP contribution in [0.1, 0.15) is 34.8 Å². The van der Waals surface area contributed by atoms with Crippen LogP contribution in [0, 0.1) is 0 Å². The summed E-state index contributed by atoms with van der Waals surface area (Å²) in [6.45, 7) is 0.771. The topological polar surface area (TPSA) is 91.8 Å². The van der Waals surface area contributed by atoms with E-state index in [0.29, 0.717) is 22.4 Å². The standard InChI is InChI=1S/C17H13N5O2/c23-16-14(20-11-7-18-8-19-15(11)21-16)9-3-1-4-10-13(9)12-5-2-6-22(12)17(10)24/h1,3-4,7-8,12H,2,5-6H2,(H,18,19,21,23). The average Bonchev–Trinajstić information content (AvgIpc) is 3.18. The van der Waals surface area contributed by atoms with Crippen molar-refractivity contribution in [3.05, 3.63) is 52.2 Å². The van der Waals surface area contributed by atoms with Crippen molar-refractivity contribution in [2.45, 2.75) is 18.9 Å². The number of aromatic amines is 1. The van der Waals surface area contributed by atoms with E-state index in [1.807, 2.05) is 17.0 Å². The predicted octanol–water partition coefficient (Wildman–Crippen LogP) is 1.67. The summed E-state index contributed by atoms with van der Waals surface area (Å²) in [5, 5.41) is 0. The summed E-state index contributed by atoms with van der Waals surface area (Å²) in [7, 11) is 0. The van der Waals surface area contributed by atoms with Crippen molar-refractivity contribution in [2.75, 3.05) is 6.54 Å². The van der Waals surface area contributed by atoms with Crippen molar-refractivity contribution in [3.8, 4) is 11.3 Å². The first kappa shape index (κ1) is 13.4. The van der Waals surface area contributed by atoms with Crippen molar-refractivity contribution in [1.82, 2.24) is 24.8 Å². The van der Waals surface area contributed by atoms with Crippen LogP contribution in [0.4, 0.5) is 0 Å². The molecule has 1 fully saturated rings. The molecule has 1 saturated heterocycles. The highest BCUT2D eigenvalue weighted by Gasteiger charge is 2.41. The molecule has 118 valence electrons. The molecule has 1 unspecified atom stereocenters. The van der Waals surface area contributed by atoms with Crippen LogP contribution in [-0.4, -0.2) is 37.3 Å². The number of H-pyrrole nitrogens is 1. The zero-order valence-corrected chi connectivity index (χ0v) is 12.7. The fraction of sp³-hybridized carbons (Fsp3) is 0.235. The van der Waals surface area contributed by atoms with Gasteiger partial charge in [-0.15, -0.1) is 0 Å². The monoisotopic (exact) mass is 319 g/mol. The highest BCUT2D eigenvalue weighted by Crippen LogP contribution is 2.44. The molecule has 1 N–H and O–H groups in total. The number of hydrogen-bond acceptors (Lipinski definition) is 5. The lowest BCUT2D eigenvalue weighted by molar-refractivity contribution is 0.0776. The predicted molar refractivity (Wildman–Crippen MR) is 86.4 cm³/mol. The van der Waals surface area contributed by atoms with Gasteiger partial charge in [0.05, 0.1) is 12.2 Å². The van der Waals surface area contributed by atoms with Gasteiger partial charge in [-0.25, -0.2) is 15.0 Å². The van der Waals surface area contributed by atoms with E-state index in [1.54, 1.807) is 12.3 Å². The van der Waals surface area contributed by atoms with Gasteiger partial charge in [-0.2, -0.15) is 0 Å². The molecule has 1 amide bonds. The molecule has 2 aliphatic heterocycles. The van der Waals surface area contributed by atoms with E-state index < -0.39 is 0 Å². The Kier molecular flexibility index (Phi) is 2.62. The Morgan fingerprint density at radius 1 is 1.21 bits per heavy atom. The lowest BCUT2D eigenvalue weighted by atomic mass is 9.94. The third kappa shape index (κ3) is 1.69. The summed E-state index contributed by atoms with van der Waals surface area (Å²) in [5.74, 6) is 0.0508. The molecule has 4 heterocycles. The molecule has 5 rings (SSSR count). The van der Waals surface area contributed by atoms with E-state index in [4.69, 9.17) is 0 Å². The Hall–Kier alpha value is -3.09. The maximum Gasteiger partial charge on any atom is 0.276 e. The van der Waals surface area contributed by atoms with Crippen LogP contribution in [0.2, 0.25) is 0 Å². The van der Waals surface area contributed by atoms with Crippen molar-refractivity contribution in [2.24, 2.45) is 0 Å². The van der Waals surface area contributed by atoms with Crippen LogP contribution < -0.4 is 5.56 Å². The highest BCUT2D eigenvalue weighted by atomic mass is 16.2. The first-order chi connectivity index (χ1) is 11.7. The molecule has 1 atom stereocenters. The molecule has 2 aliphatic rings. The zero-order chi connectivity index (χ0) is 16.3. The second-order valence-electron chi connectivity index (χ2n) is 6.09. The van der Waals surface area contributed by atoms with Crippen molar-refractivity contribution in [3.63, 3.8) is 0 Å². The minimum absolute atomic E-state index is 0.0487. The molecule has 7 heteroatoms. The fourth-order valence-electron chi connectivity index (χ4n) is 3.80. The van der Waals surface area contributed by atoms with E-state index in [1.165, 1.54) is 6.33 Å². The van der Waals surface area contributed by atoms with E-state index in [2.05, 4.69) is 19.9 Å². The molecule has 1 aromatic carbocycles. The molecule has 7 nitrogen and oxygen atoms in total. The molecule has 0 saturated carbocycles. The Labute approximate surface area is 136 Å². The Balaban J connectivity index is 1.79. The van der Waals surface area contributed by atoms with E-state index >= 15 is 0 Å². The summed E-state index contributed by atoms with van der Waals surface area (Å²) in [4.78, 5) is 42.2. The van der Waals surface area contributed by atoms with E-state index in [9.17, 15) is 9.59 Å². The third-order valence-corrected chi connectivity index (χ3v) is 4.81. The molecular formula is C17H13N5O2. The molecule has 0 aliphatic carbocycles. The number of benzene rings is 1. The quantitative estimate of drug-likeness (QED) is 0.736. The molecular weight excluding hydrogens is 306 g/mol. The maximum atomic E-state index is 12.6. The lowest BCUT2D eigenvalue weighted by Gasteiger charge is -2.16. The van der Waals surface area contributed by atoms with Gasteiger partial charge >= 0.3 is 0 Å².